The van der Waals surface area contributed by atoms with E-state index in [1.807, 2.05) is 24.3 Å². The van der Waals surface area contributed by atoms with Crippen LogP contribution in [0.1, 0.15) is 5.56 Å². The molecule has 1 N–H and O–H groups in total. The van der Waals surface area contributed by atoms with Crippen LogP contribution in [0.3, 0.4) is 0 Å². The zero-order chi connectivity index (χ0) is 14.4. The Labute approximate surface area is 142 Å². The molecule has 0 atom stereocenters. The van der Waals surface area contributed by atoms with Gasteiger partial charge in [0.15, 0.2) is 12.4 Å². The molecule has 0 unspecified atom stereocenters. The maximum atomic E-state index is 11.7. The standard InChI is InChI=1S/C14H11BrClN3O.ClH/c15-12-3-1-11(2-4-12)9-17-18-14(20)10-19-7-5-13(16)6-8-19;/h1-9H,10H2;1H/b17-9+;. The molecule has 0 bridgehead atoms. The molecule has 1 aromatic carbocycles. The molecular weight excluding hydrogens is 377 g/mol. The van der Waals surface area contributed by atoms with Gasteiger partial charge >= 0.3 is 5.91 Å². The van der Waals surface area contributed by atoms with Crippen molar-refractivity contribution in [3.05, 3.63) is 63.9 Å². The van der Waals surface area contributed by atoms with Gasteiger partial charge in [-0.1, -0.05) is 39.7 Å². The lowest BCUT2D eigenvalue weighted by Gasteiger charge is -1.97. The Morgan fingerprint density at radius 3 is 2.48 bits per heavy atom. The van der Waals surface area contributed by atoms with Crippen LogP contribution in [0, 0.1) is 0 Å². The van der Waals surface area contributed by atoms with Gasteiger partial charge in [-0.2, -0.15) is 9.67 Å². The van der Waals surface area contributed by atoms with Gasteiger partial charge in [0.1, 0.15) is 0 Å². The normalized spacial score (nSPS) is 10.2. The van der Waals surface area contributed by atoms with Gasteiger partial charge < -0.3 is 12.4 Å². The Hall–Kier alpha value is -1.43. The first-order valence-electron chi connectivity index (χ1n) is 5.85. The van der Waals surface area contributed by atoms with E-state index >= 15 is 0 Å². The Morgan fingerprint density at radius 1 is 1.24 bits per heavy atom. The van der Waals surface area contributed by atoms with Crippen molar-refractivity contribution in [3.8, 4) is 0 Å². The van der Waals surface area contributed by atoms with Crippen molar-refractivity contribution >= 4 is 39.7 Å². The summed E-state index contributed by atoms with van der Waals surface area (Å²) in [4.78, 5) is 11.7. The number of carbonyl (C=O) groups excluding carboxylic acids is 1. The van der Waals surface area contributed by atoms with Crippen LogP contribution in [0.4, 0.5) is 0 Å². The quantitative estimate of drug-likeness (QED) is 0.430. The summed E-state index contributed by atoms with van der Waals surface area (Å²) >= 11 is 9.12. The molecule has 0 aliphatic heterocycles. The van der Waals surface area contributed by atoms with Gasteiger partial charge in [0.25, 0.3) is 0 Å². The van der Waals surface area contributed by atoms with E-state index in [1.54, 1.807) is 35.3 Å². The van der Waals surface area contributed by atoms with E-state index in [2.05, 4.69) is 26.5 Å². The number of halogens is 3. The number of nitrogens with zero attached hydrogens (tertiary/aromatic N) is 2. The SMILES string of the molecule is O=C(C[n+]1ccc(Cl)cc1)N/N=C/c1ccc(Br)cc1.[Cl-]. The molecule has 1 aromatic heterocycles. The number of carbonyl (C=O) groups is 1. The summed E-state index contributed by atoms with van der Waals surface area (Å²) in [5, 5.41) is 4.54. The Kier molecular flexibility index (Phi) is 7.36. The zero-order valence-corrected chi connectivity index (χ0v) is 13.9. The highest BCUT2D eigenvalue weighted by atomic mass is 79.9. The van der Waals surface area contributed by atoms with E-state index < -0.39 is 0 Å². The number of aromatic nitrogens is 1. The number of rotatable bonds is 4. The van der Waals surface area contributed by atoms with E-state index in [4.69, 9.17) is 11.6 Å². The van der Waals surface area contributed by atoms with Crippen LogP contribution in [-0.2, 0) is 11.3 Å². The molecule has 1 heterocycles. The third kappa shape index (κ3) is 6.25. The molecule has 0 radical (unpaired) electrons. The Balaban J connectivity index is 0.00000220. The number of nitrogens with one attached hydrogen (secondary N) is 1. The van der Waals surface area contributed by atoms with E-state index in [0.717, 1.165) is 10.0 Å². The number of hydrogen-bond acceptors (Lipinski definition) is 2. The van der Waals surface area contributed by atoms with Gasteiger partial charge in [0.05, 0.1) is 11.2 Å². The third-order valence-corrected chi connectivity index (χ3v) is 3.23. The third-order valence-electron chi connectivity index (χ3n) is 2.45. The molecule has 0 saturated heterocycles. The first-order chi connectivity index (χ1) is 9.63. The van der Waals surface area contributed by atoms with Crippen LogP contribution in [0.2, 0.25) is 5.02 Å². The van der Waals surface area contributed by atoms with Crippen molar-refractivity contribution in [2.24, 2.45) is 5.10 Å². The molecule has 0 spiro atoms. The van der Waals surface area contributed by atoms with Crippen LogP contribution in [0.15, 0.2) is 58.4 Å². The summed E-state index contributed by atoms with van der Waals surface area (Å²) in [5.74, 6) is -0.203. The van der Waals surface area contributed by atoms with Crippen molar-refractivity contribution < 1.29 is 21.8 Å². The summed E-state index contributed by atoms with van der Waals surface area (Å²) < 4.78 is 2.72. The molecule has 7 heteroatoms. The van der Waals surface area contributed by atoms with Crippen molar-refractivity contribution in [2.75, 3.05) is 0 Å². The van der Waals surface area contributed by atoms with Crippen LogP contribution in [-0.4, -0.2) is 12.1 Å². The summed E-state index contributed by atoms with van der Waals surface area (Å²) in [6, 6.07) is 11.1. The lowest BCUT2D eigenvalue weighted by atomic mass is 10.2. The highest BCUT2D eigenvalue weighted by molar-refractivity contribution is 9.10. The highest BCUT2D eigenvalue weighted by Gasteiger charge is 2.07. The highest BCUT2D eigenvalue weighted by Crippen LogP contribution is 2.08. The fourth-order valence-electron chi connectivity index (χ4n) is 1.47. The molecule has 2 aromatic rings. The zero-order valence-electron chi connectivity index (χ0n) is 10.8. The number of pyridine rings is 1. The molecule has 0 aliphatic rings. The van der Waals surface area contributed by atoms with Gasteiger partial charge in [-0.3, -0.25) is 4.79 Å². The number of benzene rings is 1. The minimum atomic E-state index is -0.203. The van der Waals surface area contributed by atoms with Gasteiger partial charge in [-0.15, -0.1) is 0 Å². The minimum absolute atomic E-state index is 0. The van der Waals surface area contributed by atoms with Crippen LogP contribution >= 0.6 is 27.5 Å². The van der Waals surface area contributed by atoms with Crippen LogP contribution in [0.25, 0.3) is 0 Å². The second-order valence-electron chi connectivity index (χ2n) is 4.03. The average molecular weight is 389 g/mol. The number of amides is 1. The largest absolute Gasteiger partial charge is 1.00 e. The van der Waals surface area contributed by atoms with E-state index in [9.17, 15) is 4.79 Å². The minimum Gasteiger partial charge on any atom is -1.00 e. The Morgan fingerprint density at radius 2 is 1.86 bits per heavy atom. The van der Waals surface area contributed by atoms with E-state index in [0.29, 0.717) is 5.02 Å². The van der Waals surface area contributed by atoms with Gasteiger partial charge in [-0.25, -0.2) is 5.43 Å². The van der Waals surface area contributed by atoms with Crippen molar-refractivity contribution in [1.29, 1.82) is 0 Å². The van der Waals surface area contributed by atoms with Crippen LogP contribution in [0.5, 0.6) is 0 Å². The molecule has 0 fully saturated rings. The summed E-state index contributed by atoms with van der Waals surface area (Å²) in [6.45, 7) is 0.189. The molecule has 0 aliphatic carbocycles. The van der Waals surface area contributed by atoms with Crippen LogP contribution < -0.4 is 22.4 Å². The second kappa shape index (κ2) is 8.77. The van der Waals surface area contributed by atoms with Crippen molar-refractivity contribution in [3.63, 3.8) is 0 Å². The first-order valence-corrected chi connectivity index (χ1v) is 7.03. The maximum absolute atomic E-state index is 11.7. The Bertz CT molecular complexity index is 615. The van der Waals surface area contributed by atoms with Crippen molar-refractivity contribution in [1.82, 2.24) is 5.43 Å². The predicted molar refractivity (Wildman–Crippen MR) is 81.5 cm³/mol. The lowest BCUT2D eigenvalue weighted by molar-refractivity contribution is -0.684. The number of hydrazone groups is 1. The molecule has 21 heavy (non-hydrogen) atoms. The van der Waals surface area contributed by atoms with E-state index in [-0.39, 0.29) is 24.9 Å². The molecule has 2 rings (SSSR count). The molecule has 110 valence electrons. The van der Waals surface area contributed by atoms with Gasteiger partial charge in [-0.05, 0) is 17.7 Å². The maximum Gasteiger partial charge on any atom is 0.305 e. The fraction of sp³-hybridized carbons (Fsp3) is 0.0714. The monoisotopic (exact) mass is 387 g/mol. The molecule has 1 amide bonds. The van der Waals surface area contributed by atoms with Gasteiger partial charge in [0.2, 0.25) is 6.54 Å². The molecule has 4 nitrogen and oxygen atoms in total. The summed E-state index contributed by atoms with van der Waals surface area (Å²) in [5.41, 5.74) is 3.38. The smallest absolute Gasteiger partial charge is 0.305 e. The first kappa shape index (κ1) is 17.6. The summed E-state index contributed by atoms with van der Waals surface area (Å²) in [7, 11) is 0. The topological polar surface area (TPSA) is 45.3 Å². The van der Waals surface area contributed by atoms with Gasteiger partial charge in [0, 0.05) is 16.6 Å². The average Bonchev–Trinajstić information content (AvgIpc) is 2.44. The second-order valence-corrected chi connectivity index (χ2v) is 5.39. The molecular formula is C14H12BrCl2N3O. The lowest BCUT2D eigenvalue weighted by Crippen LogP contribution is -3.00. The fourth-order valence-corrected chi connectivity index (χ4v) is 1.85. The van der Waals surface area contributed by atoms with Crippen molar-refractivity contribution in [2.45, 2.75) is 6.54 Å². The van der Waals surface area contributed by atoms with E-state index in [1.165, 1.54) is 0 Å². The molecule has 0 saturated carbocycles. The predicted octanol–water partition coefficient (Wildman–Crippen LogP) is -0.456. The summed E-state index contributed by atoms with van der Waals surface area (Å²) in [6.07, 6.45) is 5.07. The number of hydrogen-bond donors (Lipinski definition) is 1.